The zero-order chi connectivity index (χ0) is 27.4. The molecule has 1 saturated carbocycles. The molecule has 7 nitrogen and oxygen atoms in total. The Morgan fingerprint density at radius 1 is 1.28 bits per heavy atom. The molecule has 0 N–H and O–H groups in total. The van der Waals surface area contributed by atoms with Crippen LogP contribution in [0.3, 0.4) is 0 Å². The van der Waals surface area contributed by atoms with Crippen LogP contribution in [0, 0.1) is 5.92 Å². The highest BCUT2D eigenvalue weighted by molar-refractivity contribution is 5.92. The third-order valence-electron chi connectivity index (χ3n) is 9.30. The van der Waals surface area contributed by atoms with Gasteiger partial charge in [0.25, 0.3) is 0 Å². The van der Waals surface area contributed by atoms with Crippen molar-refractivity contribution in [1.82, 2.24) is 9.80 Å². The summed E-state index contributed by atoms with van der Waals surface area (Å²) in [5, 5.41) is 0. The fourth-order valence-corrected chi connectivity index (χ4v) is 8.13. The predicted molar refractivity (Wildman–Crippen MR) is 148 cm³/mol. The van der Waals surface area contributed by atoms with E-state index in [0.29, 0.717) is 19.4 Å². The summed E-state index contributed by atoms with van der Waals surface area (Å²) in [5.41, 5.74) is 2.07. The number of rotatable bonds is 8. The lowest BCUT2D eigenvalue weighted by molar-refractivity contribution is -0.223. The Labute approximate surface area is 230 Å². The van der Waals surface area contributed by atoms with Crippen molar-refractivity contribution in [3.05, 3.63) is 72.2 Å². The maximum Gasteiger partial charge on any atom is 0.303 e. The molecule has 2 bridgehead atoms. The summed E-state index contributed by atoms with van der Waals surface area (Å²) >= 11 is 0. The summed E-state index contributed by atoms with van der Waals surface area (Å²) in [6, 6.07) is 8.02. The summed E-state index contributed by atoms with van der Waals surface area (Å²) in [6.45, 7) is 12.0. The van der Waals surface area contributed by atoms with Crippen molar-refractivity contribution in [2.75, 3.05) is 19.6 Å². The quantitative estimate of drug-likeness (QED) is 0.279. The summed E-state index contributed by atoms with van der Waals surface area (Å²) in [7, 11) is 0. The molecule has 1 aromatic carbocycles. The molecule has 5 atom stereocenters. The molecule has 2 aliphatic carbocycles. The van der Waals surface area contributed by atoms with Crippen LogP contribution in [-0.4, -0.2) is 65.1 Å². The smallest absolute Gasteiger partial charge is 0.303 e. The highest BCUT2D eigenvalue weighted by Crippen LogP contribution is 2.65. The molecule has 2 fully saturated rings. The Bertz CT molecular complexity index is 1300. The minimum Gasteiger partial charge on any atom is -0.487 e. The van der Waals surface area contributed by atoms with Gasteiger partial charge in [-0.25, -0.2) is 0 Å². The lowest BCUT2D eigenvalue weighted by Gasteiger charge is -2.65. The average Bonchev–Trinajstić information content (AvgIpc) is 3.53. The largest absolute Gasteiger partial charge is 0.487 e. The number of nitrogens with zero attached hydrogens (tertiary/aromatic N) is 2. The number of furan rings is 1. The number of hydrogen-bond acceptors (Lipinski definition) is 6. The molecule has 2 aromatic rings. The molecule has 6 rings (SSSR count). The third kappa shape index (κ3) is 3.88. The van der Waals surface area contributed by atoms with Gasteiger partial charge in [0.1, 0.15) is 17.5 Å². The van der Waals surface area contributed by atoms with E-state index in [1.807, 2.05) is 23.1 Å². The number of amides is 1. The van der Waals surface area contributed by atoms with Crippen LogP contribution in [0.2, 0.25) is 0 Å². The first-order valence-corrected chi connectivity index (χ1v) is 14.1. The molecule has 7 heteroatoms. The lowest BCUT2D eigenvalue weighted by atomic mass is 9.48. The van der Waals surface area contributed by atoms with E-state index in [2.05, 4.69) is 37.5 Å². The number of carbonyl (C=O) groups excluding carboxylic acids is 2. The van der Waals surface area contributed by atoms with Crippen LogP contribution in [0.15, 0.2) is 59.9 Å². The number of likely N-dealkylation sites (tertiary alicyclic amines) is 1. The number of carbonyl (C=O) groups is 2. The van der Waals surface area contributed by atoms with E-state index >= 15 is 0 Å². The highest BCUT2D eigenvalue weighted by Gasteiger charge is 2.75. The van der Waals surface area contributed by atoms with Crippen LogP contribution in [0.5, 0.6) is 5.75 Å². The first kappa shape index (κ1) is 25.9. The first-order valence-electron chi connectivity index (χ1n) is 14.1. The van der Waals surface area contributed by atoms with Gasteiger partial charge in [-0.2, -0.15) is 0 Å². The SMILES string of the molecule is C=CCN1CC[C@]23c4c5cccc4O[C@H]2[C@H](N(CC(C)C)C(=O)/C=C/c2ccoc2)CC[C@@]3(OC(C)=O)[C@H]1C5. The van der Waals surface area contributed by atoms with Gasteiger partial charge in [-0.1, -0.05) is 32.1 Å². The Hall–Kier alpha value is -3.32. The van der Waals surface area contributed by atoms with Crippen molar-refractivity contribution in [2.45, 2.75) is 75.7 Å². The van der Waals surface area contributed by atoms with E-state index in [1.165, 1.54) is 18.1 Å². The molecular weight excluding hydrogens is 492 g/mol. The van der Waals surface area contributed by atoms with Gasteiger partial charge in [0.15, 0.2) is 0 Å². The van der Waals surface area contributed by atoms with Crippen molar-refractivity contribution in [2.24, 2.45) is 5.92 Å². The van der Waals surface area contributed by atoms with E-state index in [-0.39, 0.29) is 36.0 Å². The minimum atomic E-state index is -0.722. The van der Waals surface area contributed by atoms with Gasteiger partial charge in [0, 0.05) is 43.8 Å². The van der Waals surface area contributed by atoms with E-state index in [4.69, 9.17) is 13.9 Å². The minimum absolute atomic E-state index is 0.0243. The van der Waals surface area contributed by atoms with Gasteiger partial charge in [0.2, 0.25) is 5.91 Å². The molecule has 39 heavy (non-hydrogen) atoms. The van der Waals surface area contributed by atoms with Crippen molar-refractivity contribution < 1.29 is 23.5 Å². The first-order chi connectivity index (χ1) is 18.8. The van der Waals surface area contributed by atoms with Crippen LogP contribution in [0.1, 0.15) is 56.7 Å². The van der Waals surface area contributed by atoms with Crippen LogP contribution in [-0.2, 0) is 26.2 Å². The Morgan fingerprint density at radius 3 is 2.85 bits per heavy atom. The summed E-state index contributed by atoms with van der Waals surface area (Å²) in [4.78, 5) is 31.0. The standard InChI is InChI=1S/C32H38N2O5/c1-5-15-33-16-14-31-29-24-7-6-8-26(29)38-30(31)25(11-13-32(31,27(33)18-24)39-22(4)35)34(19-21(2)3)28(36)10-9-23-12-17-37-20-23/h5-10,12,17,20-21,25,27,30H,1,11,13-16,18-19H2,2-4H3/b10-9+/t25-,27-,30+,31+,32-/m1/s1. The predicted octanol–water partition coefficient (Wildman–Crippen LogP) is 4.76. The number of piperidine rings is 1. The van der Waals surface area contributed by atoms with Crippen LogP contribution in [0.25, 0.3) is 6.08 Å². The third-order valence-corrected chi connectivity index (χ3v) is 9.30. The topological polar surface area (TPSA) is 72.2 Å². The Kier molecular flexibility index (Phi) is 6.45. The van der Waals surface area contributed by atoms with Gasteiger partial charge in [-0.05, 0) is 55.4 Å². The van der Waals surface area contributed by atoms with Gasteiger partial charge in [-0.15, -0.1) is 6.58 Å². The number of esters is 1. The van der Waals surface area contributed by atoms with Crippen LogP contribution in [0.4, 0.5) is 0 Å². The molecule has 206 valence electrons. The summed E-state index contributed by atoms with van der Waals surface area (Å²) < 4.78 is 18.6. The molecule has 4 aliphatic rings. The number of hydrogen-bond donors (Lipinski definition) is 0. The molecule has 1 saturated heterocycles. The Balaban J connectivity index is 1.47. The van der Waals surface area contributed by atoms with Gasteiger partial charge in [0.05, 0.1) is 30.0 Å². The van der Waals surface area contributed by atoms with Crippen LogP contribution >= 0.6 is 0 Å². The molecule has 3 heterocycles. The number of ether oxygens (including phenoxy) is 2. The van der Waals surface area contributed by atoms with Gasteiger partial charge < -0.3 is 18.8 Å². The monoisotopic (exact) mass is 530 g/mol. The fourth-order valence-electron chi connectivity index (χ4n) is 8.13. The van der Waals surface area contributed by atoms with Crippen LogP contribution < -0.4 is 4.74 Å². The molecular formula is C32H38N2O5. The second-order valence-electron chi connectivity index (χ2n) is 11.9. The fraction of sp³-hybridized carbons (Fsp3) is 0.500. The van der Waals surface area contributed by atoms with Gasteiger partial charge in [-0.3, -0.25) is 14.5 Å². The highest BCUT2D eigenvalue weighted by atomic mass is 16.6. The molecule has 1 amide bonds. The average molecular weight is 531 g/mol. The Morgan fingerprint density at radius 2 is 2.13 bits per heavy atom. The zero-order valence-electron chi connectivity index (χ0n) is 23.1. The van der Waals surface area contributed by atoms with Crippen molar-refractivity contribution in [1.29, 1.82) is 0 Å². The summed E-state index contributed by atoms with van der Waals surface area (Å²) in [6.07, 6.45) is 11.3. The van der Waals surface area contributed by atoms with Gasteiger partial charge >= 0.3 is 5.97 Å². The second-order valence-corrected chi connectivity index (χ2v) is 11.9. The van der Waals surface area contributed by atoms with E-state index < -0.39 is 11.0 Å². The summed E-state index contributed by atoms with van der Waals surface area (Å²) in [5.74, 6) is 0.856. The maximum absolute atomic E-state index is 13.8. The van der Waals surface area contributed by atoms with Crippen molar-refractivity contribution in [3.8, 4) is 5.75 Å². The van der Waals surface area contributed by atoms with E-state index in [0.717, 1.165) is 37.2 Å². The van der Waals surface area contributed by atoms with Crippen molar-refractivity contribution >= 4 is 18.0 Å². The molecule has 1 spiro atoms. The molecule has 0 radical (unpaired) electrons. The maximum atomic E-state index is 13.8. The molecule has 0 unspecified atom stereocenters. The molecule has 1 aromatic heterocycles. The number of benzene rings is 1. The molecule has 2 aliphatic heterocycles. The zero-order valence-corrected chi connectivity index (χ0v) is 23.1. The normalized spacial score (nSPS) is 30.6. The lowest BCUT2D eigenvalue weighted by Crippen LogP contribution is -2.79. The van der Waals surface area contributed by atoms with Crippen molar-refractivity contribution in [3.63, 3.8) is 0 Å². The second kappa shape index (κ2) is 9.70. The van der Waals surface area contributed by atoms with E-state index in [9.17, 15) is 9.59 Å². The van der Waals surface area contributed by atoms with E-state index in [1.54, 1.807) is 24.7 Å².